The minimum atomic E-state index is 0. The van der Waals surface area contributed by atoms with Gasteiger partial charge in [-0.3, -0.25) is 9.36 Å². The van der Waals surface area contributed by atoms with Crippen LogP contribution < -0.4 is 15.6 Å². The van der Waals surface area contributed by atoms with Crippen molar-refractivity contribution in [1.82, 2.24) is 14.9 Å². The molecule has 0 amide bonds. The minimum Gasteiger partial charge on any atom is -0.496 e. The first-order valence-corrected chi connectivity index (χ1v) is 17.4. The van der Waals surface area contributed by atoms with Crippen LogP contribution in [0.5, 0.6) is 5.75 Å². The number of methoxy groups -OCH3 is 1. The van der Waals surface area contributed by atoms with Gasteiger partial charge in [-0.15, -0.1) is 11.3 Å². The highest BCUT2D eigenvalue weighted by Gasteiger charge is 2.26. The second kappa shape index (κ2) is 15.5. The van der Waals surface area contributed by atoms with Crippen molar-refractivity contribution in [1.29, 1.82) is 0 Å². The summed E-state index contributed by atoms with van der Waals surface area (Å²) in [6.45, 7) is 5.78. The van der Waals surface area contributed by atoms with Crippen molar-refractivity contribution in [2.75, 3.05) is 13.7 Å². The molecule has 2 aromatic carbocycles. The molecule has 6 heteroatoms. The number of thiophene rings is 1. The third-order valence-corrected chi connectivity index (χ3v) is 10.4. The van der Waals surface area contributed by atoms with Crippen molar-refractivity contribution in [3.63, 3.8) is 0 Å². The van der Waals surface area contributed by atoms with Crippen LogP contribution >= 0.6 is 11.3 Å². The van der Waals surface area contributed by atoms with Crippen molar-refractivity contribution in [3.05, 3.63) is 136 Å². The predicted octanol–water partition coefficient (Wildman–Crippen LogP) is 8.93. The van der Waals surface area contributed by atoms with E-state index in [9.17, 15) is 4.79 Å². The highest BCUT2D eigenvalue weighted by atomic mass is 32.1. The summed E-state index contributed by atoms with van der Waals surface area (Å²) in [5.41, 5.74) is 3.71. The molecule has 0 bridgehead atoms. The van der Waals surface area contributed by atoms with Crippen LogP contribution in [-0.4, -0.2) is 29.2 Å². The molecular formula is C40H46N3O2S. The maximum Gasteiger partial charge on any atom is 0.262 e. The number of nitrogens with one attached hydrogen (secondary N) is 1. The Morgan fingerprint density at radius 3 is 2.57 bits per heavy atom. The first kappa shape index (κ1) is 32.0. The van der Waals surface area contributed by atoms with Gasteiger partial charge in [-0.1, -0.05) is 97.5 Å². The Kier molecular flexibility index (Phi) is 10.8. The minimum absolute atomic E-state index is 0. The standard InChI is InChI=1S/C31H35N3O2S.C9H9.H2/c1-20-7-3-4-8-21(15-20)17-32-23-12-13-25-28(16-23)37-30-29(25)31(35)34(19-33-30)18-26-24-10-6-5-9-22(24)11-14-27(26)36-2;1-2-4-6-8-9-7-5-3-1;/h5-6,9-11,14,19,21,23,32H,1,3-4,7-8,12-13,15-18H2,2H3;1-9H;1H/b;2-1-,5-3-,6-4-,9-7-;. The molecule has 2 atom stereocenters. The Balaban J connectivity index is 0.000000377. The van der Waals surface area contributed by atoms with E-state index in [0.717, 1.165) is 58.1 Å². The molecule has 3 aliphatic carbocycles. The highest BCUT2D eigenvalue weighted by Crippen LogP contribution is 2.35. The Morgan fingerprint density at radius 2 is 1.76 bits per heavy atom. The molecule has 0 aliphatic heterocycles. The maximum atomic E-state index is 13.7. The first-order chi connectivity index (χ1) is 22.6. The Morgan fingerprint density at radius 1 is 0.978 bits per heavy atom. The van der Waals surface area contributed by atoms with Gasteiger partial charge in [0.1, 0.15) is 10.6 Å². The Hall–Kier alpha value is -4.00. The molecule has 2 heterocycles. The number of hydrogen-bond donors (Lipinski definition) is 1. The number of aryl methyl sites for hydroxylation is 1. The number of nitrogens with zero attached hydrogens (tertiary/aromatic N) is 2. The van der Waals surface area contributed by atoms with Gasteiger partial charge < -0.3 is 10.1 Å². The van der Waals surface area contributed by atoms with Gasteiger partial charge in [0.05, 0.1) is 25.4 Å². The number of hydrogen-bond acceptors (Lipinski definition) is 5. The molecule has 0 saturated heterocycles. The summed E-state index contributed by atoms with van der Waals surface area (Å²) in [5, 5.41) is 6.92. The number of fused-ring (bicyclic) bond motifs is 4. The molecule has 2 aromatic heterocycles. The fourth-order valence-electron chi connectivity index (χ4n) is 6.83. The second-order valence-electron chi connectivity index (χ2n) is 12.5. The largest absolute Gasteiger partial charge is 0.496 e. The molecule has 46 heavy (non-hydrogen) atoms. The summed E-state index contributed by atoms with van der Waals surface area (Å²) < 4.78 is 7.43. The molecule has 239 valence electrons. The lowest BCUT2D eigenvalue weighted by molar-refractivity contribution is 0.385. The van der Waals surface area contributed by atoms with Crippen LogP contribution in [0.25, 0.3) is 21.0 Å². The van der Waals surface area contributed by atoms with Crippen LogP contribution in [0.3, 0.4) is 0 Å². The normalized spacial score (nSPS) is 22.3. The van der Waals surface area contributed by atoms with Gasteiger partial charge >= 0.3 is 0 Å². The Bertz CT molecular complexity index is 1840. The highest BCUT2D eigenvalue weighted by molar-refractivity contribution is 7.18. The van der Waals surface area contributed by atoms with Crippen molar-refractivity contribution in [2.24, 2.45) is 5.92 Å². The second-order valence-corrected chi connectivity index (χ2v) is 13.6. The topological polar surface area (TPSA) is 56.1 Å². The lowest BCUT2D eigenvalue weighted by Gasteiger charge is -2.26. The summed E-state index contributed by atoms with van der Waals surface area (Å²) in [6.07, 6.45) is 29.0. The van der Waals surface area contributed by atoms with Crippen LogP contribution in [0, 0.1) is 12.3 Å². The van der Waals surface area contributed by atoms with E-state index in [-0.39, 0.29) is 6.99 Å². The third-order valence-electron chi connectivity index (χ3n) is 9.25. The quantitative estimate of drug-likeness (QED) is 0.170. The van der Waals surface area contributed by atoms with Crippen LogP contribution in [0.15, 0.2) is 108 Å². The maximum absolute atomic E-state index is 13.7. The molecular weight excluding hydrogens is 587 g/mol. The van der Waals surface area contributed by atoms with Gasteiger partial charge in [-0.2, -0.15) is 0 Å². The van der Waals surface area contributed by atoms with Gasteiger partial charge in [0, 0.05) is 24.3 Å². The van der Waals surface area contributed by atoms with E-state index in [2.05, 4.69) is 30.1 Å². The molecule has 1 radical (unpaired) electrons. The Labute approximate surface area is 278 Å². The SMILES string of the molecule is C=C1CCCCC(CNC2CCc3c(sc4ncn(Cc5c(OC)ccc6ccccc56)c(=O)c34)C2)C1.[CH]1\C=C/C=C\C=C/C=C\1.[HH]. The zero-order chi connectivity index (χ0) is 31.7. The van der Waals surface area contributed by atoms with E-state index >= 15 is 0 Å². The van der Waals surface area contributed by atoms with E-state index in [1.54, 1.807) is 29.3 Å². The zero-order valence-electron chi connectivity index (χ0n) is 26.8. The lowest BCUT2D eigenvalue weighted by atomic mass is 9.92. The van der Waals surface area contributed by atoms with Crippen LogP contribution in [-0.2, 0) is 19.4 Å². The van der Waals surface area contributed by atoms with Crippen molar-refractivity contribution >= 4 is 32.3 Å². The average Bonchev–Trinajstić information content (AvgIpc) is 3.41. The van der Waals surface area contributed by atoms with E-state index in [1.807, 2.05) is 73.2 Å². The number of ether oxygens (including phenoxy) is 1. The fourth-order valence-corrected chi connectivity index (χ4v) is 8.09. The van der Waals surface area contributed by atoms with Crippen LogP contribution in [0.4, 0.5) is 0 Å². The van der Waals surface area contributed by atoms with E-state index in [1.165, 1.54) is 48.1 Å². The molecule has 3 aliphatic rings. The fraction of sp³-hybridized carbons (Fsp3) is 0.325. The molecule has 1 fully saturated rings. The van der Waals surface area contributed by atoms with E-state index in [4.69, 9.17) is 9.72 Å². The predicted molar refractivity (Wildman–Crippen MR) is 196 cm³/mol. The average molecular weight is 633 g/mol. The monoisotopic (exact) mass is 632 g/mol. The van der Waals surface area contributed by atoms with Crippen LogP contribution in [0.2, 0.25) is 0 Å². The van der Waals surface area contributed by atoms with E-state index in [0.29, 0.717) is 18.5 Å². The van der Waals surface area contributed by atoms with Crippen molar-refractivity contribution in [2.45, 2.75) is 64.0 Å². The number of rotatable bonds is 6. The smallest absolute Gasteiger partial charge is 0.262 e. The molecule has 1 saturated carbocycles. The van der Waals surface area contributed by atoms with Crippen molar-refractivity contribution < 1.29 is 6.16 Å². The molecule has 7 rings (SSSR count). The zero-order valence-corrected chi connectivity index (χ0v) is 27.6. The van der Waals surface area contributed by atoms with Gasteiger partial charge in [0.2, 0.25) is 0 Å². The van der Waals surface area contributed by atoms with E-state index < -0.39 is 0 Å². The molecule has 0 spiro atoms. The first-order valence-electron chi connectivity index (χ1n) is 16.5. The summed E-state index contributed by atoms with van der Waals surface area (Å²) in [4.78, 5) is 20.7. The van der Waals surface area contributed by atoms with Crippen LogP contribution in [0.1, 0.15) is 56.0 Å². The molecule has 5 nitrogen and oxygen atoms in total. The van der Waals surface area contributed by atoms with Gasteiger partial charge in [-0.25, -0.2) is 4.98 Å². The molecule has 4 aromatic rings. The number of benzene rings is 2. The number of allylic oxidation sites excluding steroid dienone is 9. The van der Waals surface area contributed by atoms with Crippen molar-refractivity contribution in [3.8, 4) is 5.75 Å². The number of aromatic nitrogens is 2. The molecule has 1 N–H and O–H groups in total. The third kappa shape index (κ3) is 7.68. The summed E-state index contributed by atoms with van der Waals surface area (Å²) >= 11 is 1.70. The summed E-state index contributed by atoms with van der Waals surface area (Å²) in [5.74, 6) is 1.50. The van der Waals surface area contributed by atoms with Gasteiger partial charge in [-0.05, 0) is 79.8 Å². The summed E-state index contributed by atoms with van der Waals surface area (Å²) in [7, 11) is 1.68. The van der Waals surface area contributed by atoms with Gasteiger partial charge in [0.15, 0.2) is 0 Å². The lowest BCUT2D eigenvalue weighted by Crippen LogP contribution is -2.37. The van der Waals surface area contributed by atoms with Gasteiger partial charge in [0.25, 0.3) is 5.56 Å². The summed E-state index contributed by atoms with van der Waals surface area (Å²) in [6, 6.07) is 12.8. The molecule has 2 unspecified atom stereocenters.